The van der Waals surface area contributed by atoms with Crippen LogP contribution in [0.1, 0.15) is 51.5 Å². The van der Waals surface area contributed by atoms with E-state index in [1.807, 2.05) is 6.07 Å². The number of hydrogen-bond donors (Lipinski definition) is 2. The molecule has 0 heterocycles. The van der Waals surface area contributed by atoms with E-state index in [1.165, 1.54) is 38.2 Å². The summed E-state index contributed by atoms with van der Waals surface area (Å²) in [6, 6.07) is 5.18. The molecule has 2 nitrogen and oxygen atoms in total. The van der Waals surface area contributed by atoms with Gasteiger partial charge in [-0.25, -0.2) is 4.39 Å². The molecule has 3 N–H and O–H groups in total. The molecule has 1 saturated carbocycles. The first-order chi connectivity index (χ1) is 9.97. The summed E-state index contributed by atoms with van der Waals surface area (Å²) in [7, 11) is 0. The van der Waals surface area contributed by atoms with Crippen LogP contribution in [0.2, 0.25) is 5.02 Å². The van der Waals surface area contributed by atoms with Gasteiger partial charge in [-0.05, 0) is 54.7 Å². The van der Waals surface area contributed by atoms with Crippen LogP contribution in [-0.4, -0.2) is 6.04 Å². The molecule has 118 valence electrons. The van der Waals surface area contributed by atoms with Crippen molar-refractivity contribution in [1.82, 2.24) is 5.43 Å². The lowest BCUT2D eigenvalue weighted by Crippen LogP contribution is -2.49. The van der Waals surface area contributed by atoms with E-state index in [-0.39, 0.29) is 22.3 Å². The lowest BCUT2D eigenvalue weighted by molar-refractivity contribution is 0.154. The van der Waals surface area contributed by atoms with Gasteiger partial charge in [-0.1, -0.05) is 44.4 Å². The van der Waals surface area contributed by atoms with Gasteiger partial charge < -0.3 is 0 Å². The molecule has 1 atom stereocenters. The average Bonchev–Trinajstić information content (AvgIpc) is 2.88. The van der Waals surface area contributed by atoms with Gasteiger partial charge in [0.15, 0.2) is 0 Å². The van der Waals surface area contributed by atoms with Gasteiger partial charge in [-0.2, -0.15) is 0 Å². The highest BCUT2D eigenvalue weighted by atomic mass is 35.5. The van der Waals surface area contributed by atoms with Crippen LogP contribution >= 0.6 is 11.6 Å². The zero-order chi connectivity index (χ0) is 15.5. The third-order valence-electron chi connectivity index (χ3n) is 4.78. The minimum absolute atomic E-state index is 0.188. The molecule has 1 aromatic rings. The van der Waals surface area contributed by atoms with E-state index in [0.29, 0.717) is 5.92 Å². The summed E-state index contributed by atoms with van der Waals surface area (Å²) >= 11 is 5.89. The number of nitrogens with one attached hydrogen (secondary N) is 1. The fourth-order valence-electron chi connectivity index (χ4n) is 3.94. The molecule has 1 aromatic carbocycles. The summed E-state index contributed by atoms with van der Waals surface area (Å²) in [5.41, 5.74) is 4.33. The molecule has 0 spiro atoms. The van der Waals surface area contributed by atoms with Crippen LogP contribution in [0.15, 0.2) is 18.2 Å². The lowest BCUT2D eigenvalue weighted by Gasteiger charge is -2.39. The van der Waals surface area contributed by atoms with Crippen molar-refractivity contribution in [3.8, 4) is 0 Å². The standard InChI is InChI=1S/C17H26ClFN2/c1-12(2)11-17(7-3-4-8-17)16(21-20)10-13-5-6-15(19)14(18)9-13/h5-6,9,12,16,21H,3-4,7-8,10-11,20H2,1-2H3. The van der Waals surface area contributed by atoms with Crippen LogP contribution in [0.3, 0.4) is 0 Å². The number of hydrogen-bond acceptors (Lipinski definition) is 2. The molecule has 2 rings (SSSR count). The summed E-state index contributed by atoms with van der Waals surface area (Å²) in [6.45, 7) is 4.53. The van der Waals surface area contributed by atoms with Crippen molar-refractivity contribution in [2.24, 2.45) is 17.2 Å². The molecule has 0 saturated heterocycles. The molecule has 0 aliphatic heterocycles. The van der Waals surface area contributed by atoms with Crippen molar-refractivity contribution >= 4 is 11.6 Å². The Bertz CT molecular complexity index is 470. The van der Waals surface area contributed by atoms with Gasteiger partial charge in [0.05, 0.1) is 5.02 Å². The molecule has 1 aliphatic carbocycles. The predicted octanol–water partition coefficient (Wildman–Crippen LogP) is 4.46. The quantitative estimate of drug-likeness (QED) is 0.601. The first-order valence-electron chi connectivity index (χ1n) is 7.87. The number of rotatable bonds is 6. The summed E-state index contributed by atoms with van der Waals surface area (Å²) < 4.78 is 13.3. The summed E-state index contributed by atoms with van der Waals surface area (Å²) in [6.07, 6.45) is 6.95. The van der Waals surface area contributed by atoms with E-state index in [9.17, 15) is 4.39 Å². The van der Waals surface area contributed by atoms with Crippen LogP contribution in [0.4, 0.5) is 4.39 Å². The Morgan fingerprint density at radius 2 is 2.00 bits per heavy atom. The molecule has 0 bridgehead atoms. The zero-order valence-corrected chi connectivity index (χ0v) is 13.7. The third-order valence-corrected chi connectivity index (χ3v) is 5.07. The second-order valence-corrected chi connectivity index (χ2v) is 7.25. The Hall–Kier alpha value is -0.640. The topological polar surface area (TPSA) is 38.0 Å². The van der Waals surface area contributed by atoms with E-state index in [0.717, 1.165) is 12.0 Å². The number of halogens is 2. The van der Waals surface area contributed by atoms with E-state index in [4.69, 9.17) is 17.4 Å². The van der Waals surface area contributed by atoms with E-state index in [1.54, 1.807) is 6.07 Å². The number of hydrazine groups is 1. The summed E-state index contributed by atoms with van der Waals surface area (Å²) in [5.74, 6) is 6.16. The SMILES string of the molecule is CC(C)CC1(C(Cc2ccc(F)c(Cl)c2)NN)CCCC1. The highest BCUT2D eigenvalue weighted by Gasteiger charge is 2.41. The van der Waals surface area contributed by atoms with Gasteiger partial charge >= 0.3 is 0 Å². The number of benzene rings is 1. The Morgan fingerprint density at radius 1 is 1.33 bits per heavy atom. The number of nitrogens with two attached hydrogens (primary N) is 1. The highest BCUT2D eigenvalue weighted by molar-refractivity contribution is 6.30. The van der Waals surface area contributed by atoms with Crippen molar-refractivity contribution in [1.29, 1.82) is 0 Å². The maximum atomic E-state index is 13.3. The maximum absolute atomic E-state index is 13.3. The van der Waals surface area contributed by atoms with E-state index >= 15 is 0 Å². The molecule has 0 radical (unpaired) electrons. The minimum Gasteiger partial charge on any atom is -0.271 e. The first-order valence-corrected chi connectivity index (χ1v) is 8.25. The molecule has 21 heavy (non-hydrogen) atoms. The van der Waals surface area contributed by atoms with Gasteiger partial charge in [0.25, 0.3) is 0 Å². The van der Waals surface area contributed by atoms with E-state index in [2.05, 4.69) is 19.3 Å². The second-order valence-electron chi connectivity index (χ2n) is 6.84. The first kappa shape index (κ1) is 16.7. The van der Waals surface area contributed by atoms with Crippen LogP contribution < -0.4 is 11.3 Å². The third kappa shape index (κ3) is 3.97. The second kappa shape index (κ2) is 7.08. The Labute approximate surface area is 132 Å². The van der Waals surface area contributed by atoms with Crippen LogP contribution in [-0.2, 0) is 6.42 Å². The van der Waals surface area contributed by atoms with Gasteiger partial charge in [0.2, 0.25) is 0 Å². The zero-order valence-electron chi connectivity index (χ0n) is 13.0. The van der Waals surface area contributed by atoms with Crippen molar-refractivity contribution < 1.29 is 4.39 Å². The van der Waals surface area contributed by atoms with Crippen molar-refractivity contribution in [3.05, 3.63) is 34.6 Å². The van der Waals surface area contributed by atoms with Crippen LogP contribution in [0.25, 0.3) is 0 Å². The molecular formula is C17H26ClFN2. The van der Waals surface area contributed by atoms with Crippen molar-refractivity contribution in [3.63, 3.8) is 0 Å². The molecule has 4 heteroatoms. The monoisotopic (exact) mass is 312 g/mol. The van der Waals surface area contributed by atoms with Gasteiger partial charge in [-0.15, -0.1) is 0 Å². The van der Waals surface area contributed by atoms with Crippen LogP contribution in [0, 0.1) is 17.2 Å². The highest BCUT2D eigenvalue weighted by Crippen LogP contribution is 2.46. The minimum atomic E-state index is -0.365. The Morgan fingerprint density at radius 3 is 2.52 bits per heavy atom. The fourth-order valence-corrected chi connectivity index (χ4v) is 4.14. The summed E-state index contributed by atoms with van der Waals surface area (Å²) in [5, 5.41) is 0.188. The molecule has 1 unspecified atom stereocenters. The molecular weight excluding hydrogens is 287 g/mol. The van der Waals surface area contributed by atoms with Gasteiger partial charge in [0, 0.05) is 6.04 Å². The molecule has 0 aromatic heterocycles. The van der Waals surface area contributed by atoms with Crippen molar-refractivity contribution in [2.45, 2.75) is 58.4 Å². The summed E-state index contributed by atoms with van der Waals surface area (Å²) in [4.78, 5) is 0. The smallest absolute Gasteiger partial charge is 0.141 e. The molecule has 1 aliphatic rings. The normalized spacial score (nSPS) is 19.1. The molecule has 1 fully saturated rings. The fraction of sp³-hybridized carbons (Fsp3) is 0.647. The average molecular weight is 313 g/mol. The predicted molar refractivity (Wildman–Crippen MR) is 86.6 cm³/mol. The van der Waals surface area contributed by atoms with E-state index < -0.39 is 0 Å². The lowest BCUT2D eigenvalue weighted by atomic mass is 9.71. The largest absolute Gasteiger partial charge is 0.271 e. The Kier molecular flexibility index (Phi) is 5.64. The van der Waals surface area contributed by atoms with Crippen molar-refractivity contribution in [2.75, 3.05) is 0 Å². The molecule has 0 amide bonds. The maximum Gasteiger partial charge on any atom is 0.141 e. The van der Waals surface area contributed by atoms with Gasteiger partial charge in [0.1, 0.15) is 5.82 Å². The van der Waals surface area contributed by atoms with Gasteiger partial charge in [-0.3, -0.25) is 11.3 Å². The van der Waals surface area contributed by atoms with Crippen LogP contribution in [0.5, 0.6) is 0 Å². The Balaban J connectivity index is 2.18.